The van der Waals surface area contributed by atoms with Crippen molar-refractivity contribution in [3.63, 3.8) is 0 Å². The van der Waals surface area contributed by atoms with Crippen molar-refractivity contribution in [1.82, 2.24) is 19.6 Å². The minimum Gasteiger partial charge on any atom is -0.232 e. The molecule has 2 heterocycles. The highest BCUT2D eigenvalue weighted by Crippen LogP contribution is 2.30. The molecule has 0 amide bonds. The lowest BCUT2D eigenvalue weighted by Gasteiger charge is -2.34. The average molecular weight is 773 g/mol. The molecule has 0 unspecified atom stereocenters. The summed E-state index contributed by atoms with van der Waals surface area (Å²) in [6, 6.07) is 86.7. The smallest absolute Gasteiger partial charge is 0.179 e. The van der Waals surface area contributed by atoms with Crippen LogP contribution < -0.4 is 20.7 Å². The van der Waals surface area contributed by atoms with E-state index in [4.69, 9.17) is 10.2 Å². The van der Waals surface area contributed by atoms with Gasteiger partial charge in [0.2, 0.25) is 0 Å². The van der Waals surface area contributed by atoms with Gasteiger partial charge in [-0.3, -0.25) is 0 Å². The summed E-state index contributed by atoms with van der Waals surface area (Å²) in [4.78, 5) is 0. The third-order valence-corrected chi connectivity index (χ3v) is 16.0. The largest absolute Gasteiger partial charge is 0.232 e. The Balaban J connectivity index is 1.12. The first-order chi connectivity index (χ1) is 29.3. The maximum Gasteiger partial charge on any atom is 0.179 e. The molecular weight excluding hydrogens is 733 g/mol. The maximum atomic E-state index is 5.20. The van der Waals surface area contributed by atoms with Crippen LogP contribution in [-0.4, -0.2) is 27.6 Å². The molecule has 0 aliphatic carbocycles. The van der Waals surface area contributed by atoms with Crippen LogP contribution in [0.1, 0.15) is 0 Å². The fraction of sp³-hybridized carbons (Fsp3) is 0. The average Bonchev–Trinajstić information content (AvgIpc) is 3.99. The summed E-state index contributed by atoms with van der Waals surface area (Å²) in [7, 11) is -2.86. The van der Waals surface area contributed by atoms with Gasteiger partial charge in [-0.1, -0.05) is 206 Å². The van der Waals surface area contributed by atoms with Crippen LogP contribution in [0.4, 0.5) is 0 Å². The van der Waals surface area contributed by atoms with Crippen molar-refractivity contribution in [3.8, 4) is 56.4 Å². The Morgan fingerprint density at radius 3 is 0.864 bits per heavy atom. The van der Waals surface area contributed by atoms with E-state index in [1.54, 1.807) is 0 Å². The molecular formula is C54H40N4Si. The first kappa shape index (κ1) is 35.8. The van der Waals surface area contributed by atoms with Crippen LogP contribution in [0.5, 0.6) is 0 Å². The molecule has 59 heavy (non-hydrogen) atoms. The zero-order chi connectivity index (χ0) is 39.4. The van der Waals surface area contributed by atoms with Crippen molar-refractivity contribution < 1.29 is 0 Å². The highest BCUT2D eigenvalue weighted by Gasteiger charge is 2.41. The molecule has 0 saturated carbocycles. The second-order valence-electron chi connectivity index (χ2n) is 14.7. The van der Waals surface area contributed by atoms with Crippen molar-refractivity contribution >= 4 is 28.8 Å². The summed E-state index contributed by atoms with van der Waals surface area (Å²) >= 11 is 0. The molecule has 4 nitrogen and oxygen atoms in total. The Labute approximate surface area is 346 Å². The van der Waals surface area contributed by atoms with E-state index >= 15 is 0 Å². The van der Waals surface area contributed by atoms with E-state index in [1.807, 2.05) is 12.1 Å². The lowest BCUT2D eigenvalue weighted by atomic mass is 10.1. The Bertz CT molecular complexity index is 2720. The van der Waals surface area contributed by atoms with Crippen LogP contribution in [0, 0.1) is 0 Å². The molecule has 5 heteroatoms. The van der Waals surface area contributed by atoms with E-state index in [-0.39, 0.29) is 0 Å². The van der Waals surface area contributed by atoms with Gasteiger partial charge in [0.15, 0.2) is 8.07 Å². The molecule has 0 atom stereocenters. The Morgan fingerprint density at radius 1 is 0.271 bits per heavy atom. The van der Waals surface area contributed by atoms with Gasteiger partial charge in [-0.05, 0) is 57.1 Å². The molecule has 0 aliphatic heterocycles. The van der Waals surface area contributed by atoms with Gasteiger partial charge in [-0.15, -0.1) is 0 Å². The van der Waals surface area contributed by atoms with Crippen LogP contribution in [-0.2, 0) is 0 Å². The monoisotopic (exact) mass is 772 g/mol. The second-order valence-corrected chi connectivity index (χ2v) is 18.5. The van der Waals surface area contributed by atoms with Crippen LogP contribution in [0.15, 0.2) is 243 Å². The highest BCUT2D eigenvalue weighted by molar-refractivity contribution is 7.19. The molecule has 280 valence electrons. The molecule has 0 bridgehead atoms. The van der Waals surface area contributed by atoms with Gasteiger partial charge in [0.05, 0.1) is 34.2 Å². The van der Waals surface area contributed by atoms with E-state index in [0.717, 1.165) is 56.4 Å². The quantitative estimate of drug-likeness (QED) is 0.103. The number of aromatic nitrogens is 4. The Hall–Kier alpha value is -7.60. The summed E-state index contributed by atoms with van der Waals surface area (Å²) in [5.74, 6) is 0. The van der Waals surface area contributed by atoms with Gasteiger partial charge in [0.1, 0.15) is 0 Å². The zero-order valence-corrected chi connectivity index (χ0v) is 33.4. The number of hydrogen-bond donors (Lipinski definition) is 0. The van der Waals surface area contributed by atoms with Crippen LogP contribution in [0.25, 0.3) is 56.4 Å². The molecule has 10 aromatic rings. The highest BCUT2D eigenvalue weighted by atomic mass is 28.3. The maximum absolute atomic E-state index is 5.20. The molecule has 0 fully saturated rings. The molecule has 8 aromatic carbocycles. The van der Waals surface area contributed by atoms with E-state index in [9.17, 15) is 0 Å². The van der Waals surface area contributed by atoms with Gasteiger partial charge in [0, 0.05) is 22.3 Å². The topological polar surface area (TPSA) is 35.6 Å². The minimum atomic E-state index is -2.86. The van der Waals surface area contributed by atoms with Crippen molar-refractivity contribution in [3.05, 3.63) is 243 Å². The van der Waals surface area contributed by atoms with E-state index in [0.29, 0.717) is 0 Å². The molecule has 0 saturated heterocycles. The normalized spacial score (nSPS) is 11.4. The zero-order valence-electron chi connectivity index (χ0n) is 32.4. The summed E-state index contributed by atoms with van der Waals surface area (Å²) in [6.45, 7) is 0. The van der Waals surface area contributed by atoms with Crippen molar-refractivity contribution in [2.45, 2.75) is 0 Å². The minimum absolute atomic E-state index is 0.939. The summed E-state index contributed by atoms with van der Waals surface area (Å²) in [6.07, 6.45) is 0. The fourth-order valence-electron chi connectivity index (χ4n) is 8.37. The second kappa shape index (κ2) is 15.7. The van der Waals surface area contributed by atoms with Gasteiger partial charge in [0.25, 0.3) is 0 Å². The summed E-state index contributed by atoms with van der Waals surface area (Å²) in [5, 5.41) is 15.6. The number of benzene rings is 8. The molecule has 0 N–H and O–H groups in total. The van der Waals surface area contributed by atoms with Gasteiger partial charge < -0.3 is 0 Å². The van der Waals surface area contributed by atoms with Crippen LogP contribution in [0.3, 0.4) is 0 Å². The number of hydrogen-bond acceptors (Lipinski definition) is 2. The Kier molecular flexibility index (Phi) is 9.55. The van der Waals surface area contributed by atoms with Gasteiger partial charge in [-0.25, -0.2) is 9.36 Å². The van der Waals surface area contributed by atoms with E-state index in [2.05, 4.69) is 240 Å². The standard InChI is InChI=1S/C54H40N4Si/c1-7-19-41(20-8-1)51-39-53(43-23-11-3-12-24-43)57(55-51)45-31-35-49(36-32-45)59(47-27-15-5-16-28-47,48-29-17-6-18-30-48)50-37-33-46(34-38-50)58-54(44-25-13-4-14-26-44)40-52(56-58)42-21-9-2-10-22-42/h1-40H. The predicted molar refractivity (Wildman–Crippen MR) is 246 cm³/mol. The number of nitrogens with zero attached hydrogens (tertiary/aromatic N) is 4. The lowest BCUT2D eigenvalue weighted by molar-refractivity contribution is 0.892. The summed E-state index contributed by atoms with van der Waals surface area (Å²) in [5.41, 5.74) is 10.4. The molecule has 0 aliphatic rings. The van der Waals surface area contributed by atoms with Crippen molar-refractivity contribution in [2.24, 2.45) is 0 Å². The third-order valence-electron chi connectivity index (χ3n) is 11.2. The van der Waals surface area contributed by atoms with Crippen molar-refractivity contribution in [2.75, 3.05) is 0 Å². The molecule has 0 spiro atoms. The SMILES string of the molecule is c1ccc(-c2cc(-c3ccccc3)n(-c3ccc([Si](c4ccccc4)(c4ccccc4)c4ccc(-n5nc(-c6ccccc6)cc5-c5ccccc5)cc4)cc3)n2)cc1. The lowest BCUT2D eigenvalue weighted by Crippen LogP contribution is -2.74. The molecule has 2 aromatic heterocycles. The number of rotatable bonds is 10. The van der Waals surface area contributed by atoms with Gasteiger partial charge in [-0.2, -0.15) is 10.2 Å². The third kappa shape index (κ3) is 6.73. The van der Waals surface area contributed by atoms with Gasteiger partial charge >= 0.3 is 0 Å². The van der Waals surface area contributed by atoms with E-state index in [1.165, 1.54) is 20.7 Å². The molecule has 0 radical (unpaired) electrons. The first-order valence-corrected chi connectivity index (χ1v) is 22.0. The first-order valence-electron chi connectivity index (χ1n) is 20.0. The van der Waals surface area contributed by atoms with E-state index < -0.39 is 8.07 Å². The fourth-order valence-corrected chi connectivity index (χ4v) is 13.1. The van der Waals surface area contributed by atoms with Crippen LogP contribution >= 0.6 is 0 Å². The van der Waals surface area contributed by atoms with Crippen molar-refractivity contribution in [1.29, 1.82) is 0 Å². The Morgan fingerprint density at radius 2 is 0.542 bits per heavy atom. The predicted octanol–water partition coefficient (Wildman–Crippen LogP) is 10.1. The molecule has 10 rings (SSSR count). The summed E-state index contributed by atoms with van der Waals surface area (Å²) < 4.78 is 4.17. The van der Waals surface area contributed by atoms with Crippen LogP contribution in [0.2, 0.25) is 0 Å².